The van der Waals surface area contributed by atoms with E-state index in [9.17, 15) is 0 Å². The molecule has 11 rings (SSSR count). The van der Waals surface area contributed by atoms with E-state index in [4.69, 9.17) is 0 Å². The van der Waals surface area contributed by atoms with Crippen LogP contribution in [0.5, 0.6) is 0 Å². The van der Waals surface area contributed by atoms with Crippen molar-refractivity contribution in [2.24, 2.45) is 0 Å². The molecule has 0 aliphatic carbocycles. The van der Waals surface area contributed by atoms with E-state index in [2.05, 4.69) is 180 Å². The van der Waals surface area contributed by atoms with E-state index in [-0.39, 0.29) is 0 Å². The number of hydrogen-bond acceptors (Lipinski definition) is 1. The van der Waals surface area contributed by atoms with Crippen molar-refractivity contribution in [2.75, 3.05) is 0 Å². The van der Waals surface area contributed by atoms with Crippen molar-refractivity contribution in [3.63, 3.8) is 0 Å². The van der Waals surface area contributed by atoms with Crippen molar-refractivity contribution in [3.8, 4) is 38.4 Å². The molecule has 11 aromatic rings. The van der Waals surface area contributed by atoms with Gasteiger partial charge in [0, 0.05) is 26.0 Å². The maximum absolute atomic E-state index is 2.43. The molecule has 0 unspecified atom stereocenters. The first kappa shape index (κ1) is 27.7. The zero-order valence-electron chi connectivity index (χ0n) is 27.1. The molecule has 0 atom stereocenters. The summed E-state index contributed by atoms with van der Waals surface area (Å²) in [7, 11) is 0. The molecule has 0 fully saturated rings. The molecule has 2 heteroatoms. The molecular formula is C48H29NS. The van der Waals surface area contributed by atoms with Gasteiger partial charge in [-0.15, -0.1) is 11.3 Å². The lowest BCUT2D eigenvalue weighted by atomic mass is 9.85. The van der Waals surface area contributed by atoms with Gasteiger partial charge in [-0.1, -0.05) is 133 Å². The van der Waals surface area contributed by atoms with Crippen molar-refractivity contribution in [1.82, 2.24) is 4.57 Å². The standard InChI is InChI=1S/C48H29NS/c1-6-18-45-35(9-1)28-46(50-45)31-21-19-30(20-22-31)41-29-42(40-26-24-33-11-7-10-32-23-25-39(41)48(40)47(32)33)34-12-8-13-36(27-34)49-43-16-4-2-14-37(43)38-15-3-5-17-44(38)49/h1-29H. The van der Waals surface area contributed by atoms with Gasteiger partial charge in [0.25, 0.3) is 0 Å². The quantitative estimate of drug-likeness (QED) is 0.167. The number of nitrogens with zero attached hydrogens (tertiary/aromatic N) is 1. The van der Waals surface area contributed by atoms with Crippen LogP contribution >= 0.6 is 11.3 Å². The third-order valence-electron chi connectivity index (χ3n) is 10.5. The number of fused-ring (bicyclic) bond motifs is 4. The maximum atomic E-state index is 2.43. The predicted octanol–water partition coefficient (Wildman–Crippen LogP) is 13.9. The Morgan fingerprint density at radius 1 is 0.360 bits per heavy atom. The summed E-state index contributed by atoms with van der Waals surface area (Å²) in [5.41, 5.74) is 9.82. The zero-order valence-corrected chi connectivity index (χ0v) is 27.9. The summed E-state index contributed by atoms with van der Waals surface area (Å²) in [6.07, 6.45) is 0. The van der Waals surface area contributed by atoms with Crippen LogP contribution in [0.2, 0.25) is 0 Å². The number of benzene rings is 9. The fourth-order valence-corrected chi connectivity index (χ4v) is 9.33. The minimum absolute atomic E-state index is 1.17. The van der Waals surface area contributed by atoms with Crippen molar-refractivity contribution < 1.29 is 0 Å². The summed E-state index contributed by atoms with van der Waals surface area (Å²) in [5.74, 6) is 0. The van der Waals surface area contributed by atoms with E-state index < -0.39 is 0 Å². The molecule has 0 saturated carbocycles. The molecule has 0 radical (unpaired) electrons. The molecule has 2 aromatic heterocycles. The first-order valence-corrected chi connectivity index (χ1v) is 18.0. The molecule has 2 heterocycles. The number of thiophene rings is 1. The Balaban J connectivity index is 1.14. The third-order valence-corrected chi connectivity index (χ3v) is 11.7. The molecule has 232 valence electrons. The van der Waals surface area contributed by atoms with Gasteiger partial charge in [0.1, 0.15) is 0 Å². The van der Waals surface area contributed by atoms with Crippen molar-refractivity contribution in [2.45, 2.75) is 0 Å². The van der Waals surface area contributed by atoms with E-state index in [1.54, 1.807) is 0 Å². The van der Waals surface area contributed by atoms with Gasteiger partial charge in [0.05, 0.1) is 11.0 Å². The van der Waals surface area contributed by atoms with Crippen molar-refractivity contribution >= 4 is 75.5 Å². The number of para-hydroxylation sites is 2. The highest BCUT2D eigenvalue weighted by atomic mass is 32.1. The highest BCUT2D eigenvalue weighted by Gasteiger charge is 2.18. The lowest BCUT2D eigenvalue weighted by molar-refractivity contribution is 1.18. The smallest absolute Gasteiger partial charge is 0.0541 e. The second-order valence-corrected chi connectivity index (χ2v) is 14.4. The highest BCUT2D eigenvalue weighted by Crippen LogP contribution is 2.45. The molecule has 0 aliphatic rings. The summed E-state index contributed by atoms with van der Waals surface area (Å²) < 4.78 is 3.74. The van der Waals surface area contributed by atoms with Crippen LogP contribution in [0, 0.1) is 0 Å². The molecule has 1 nitrogen and oxygen atoms in total. The minimum Gasteiger partial charge on any atom is -0.309 e. The minimum atomic E-state index is 1.17. The van der Waals surface area contributed by atoms with Crippen LogP contribution in [0.15, 0.2) is 176 Å². The fraction of sp³-hybridized carbons (Fsp3) is 0. The summed E-state index contributed by atoms with van der Waals surface area (Å²) in [4.78, 5) is 1.30. The summed E-state index contributed by atoms with van der Waals surface area (Å²) in [6.45, 7) is 0. The van der Waals surface area contributed by atoms with Gasteiger partial charge >= 0.3 is 0 Å². The lowest BCUT2D eigenvalue weighted by Gasteiger charge is -2.19. The Hall–Kier alpha value is -6.22. The number of rotatable bonds is 4. The van der Waals surface area contributed by atoms with Gasteiger partial charge in [0.2, 0.25) is 0 Å². The second-order valence-electron chi connectivity index (χ2n) is 13.3. The molecule has 0 bridgehead atoms. The summed E-state index contributed by atoms with van der Waals surface area (Å²) >= 11 is 1.86. The van der Waals surface area contributed by atoms with E-state index in [0.717, 1.165) is 0 Å². The van der Waals surface area contributed by atoms with Crippen LogP contribution in [-0.2, 0) is 0 Å². The second kappa shape index (κ2) is 10.6. The number of aromatic nitrogens is 1. The van der Waals surface area contributed by atoms with Crippen molar-refractivity contribution in [1.29, 1.82) is 0 Å². The Morgan fingerprint density at radius 3 is 1.68 bits per heavy atom. The van der Waals surface area contributed by atoms with Crippen LogP contribution in [-0.4, -0.2) is 4.57 Å². The average Bonchev–Trinajstić information content (AvgIpc) is 3.77. The maximum Gasteiger partial charge on any atom is 0.0541 e. The molecule has 0 aliphatic heterocycles. The van der Waals surface area contributed by atoms with E-state index in [0.29, 0.717) is 0 Å². The van der Waals surface area contributed by atoms with Gasteiger partial charge < -0.3 is 4.57 Å². The molecule has 0 N–H and O–H groups in total. The normalized spacial score (nSPS) is 12.0. The van der Waals surface area contributed by atoms with Crippen LogP contribution < -0.4 is 0 Å². The van der Waals surface area contributed by atoms with Crippen LogP contribution in [0.3, 0.4) is 0 Å². The Kier molecular flexibility index (Phi) is 5.89. The molecule has 0 saturated heterocycles. The summed E-state index contributed by atoms with van der Waals surface area (Å²) in [5, 5.41) is 11.7. The molecular weight excluding hydrogens is 623 g/mol. The Bertz CT molecular complexity index is 2980. The first-order chi connectivity index (χ1) is 24.8. The Labute approximate surface area is 293 Å². The summed E-state index contributed by atoms with van der Waals surface area (Å²) in [6, 6.07) is 65.1. The van der Waals surface area contributed by atoms with Gasteiger partial charge in [0.15, 0.2) is 0 Å². The molecule has 9 aromatic carbocycles. The molecule has 50 heavy (non-hydrogen) atoms. The highest BCUT2D eigenvalue weighted by molar-refractivity contribution is 7.22. The van der Waals surface area contributed by atoms with Gasteiger partial charge in [-0.2, -0.15) is 0 Å². The molecule has 0 amide bonds. The first-order valence-electron chi connectivity index (χ1n) is 17.2. The SMILES string of the molecule is c1cc(-c2cc(-c3ccc(-c4cc5ccccc5s4)cc3)c3ccc4cccc5ccc2c3c45)cc(-n2c3ccccc3c3ccccc32)c1. The third kappa shape index (κ3) is 4.06. The zero-order chi connectivity index (χ0) is 32.8. The van der Waals surface area contributed by atoms with Crippen molar-refractivity contribution in [3.05, 3.63) is 176 Å². The fourth-order valence-electron chi connectivity index (χ4n) is 8.26. The monoisotopic (exact) mass is 651 g/mol. The topological polar surface area (TPSA) is 4.93 Å². The van der Waals surface area contributed by atoms with E-state index >= 15 is 0 Å². The average molecular weight is 652 g/mol. The van der Waals surface area contributed by atoms with E-state index in [1.165, 1.54) is 103 Å². The largest absolute Gasteiger partial charge is 0.309 e. The van der Waals surface area contributed by atoms with Crippen LogP contribution in [0.25, 0.3) is 103 Å². The Morgan fingerprint density at radius 2 is 0.960 bits per heavy atom. The predicted molar refractivity (Wildman–Crippen MR) is 216 cm³/mol. The van der Waals surface area contributed by atoms with Gasteiger partial charge in [-0.25, -0.2) is 0 Å². The molecule has 0 spiro atoms. The van der Waals surface area contributed by atoms with Crippen LogP contribution in [0.1, 0.15) is 0 Å². The van der Waals surface area contributed by atoms with Gasteiger partial charge in [-0.3, -0.25) is 0 Å². The number of hydrogen-bond donors (Lipinski definition) is 0. The van der Waals surface area contributed by atoms with Crippen LogP contribution in [0.4, 0.5) is 0 Å². The van der Waals surface area contributed by atoms with Gasteiger partial charge in [-0.05, 0) is 108 Å². The van der Waals surface area contributed by atoms with E-state index in [1.807, 2.05) is 11.3 Å². The lowest BCUT2D eigenvalue weighted by Crippen LogP contribution is -1.95.